The first-order valence-electron chi connectivity index (χ1n) is 7.88. The van der Waals surface area contributed by atoms with Gasteiger partial charge in [0.2, 0.25) is 0 Å². The van der Waals surface area contributed by atoms with Crippen molar-refractivity contribution in [1.82, 2.24) is 9.88 Å². The van der Waals surface area contributed by atoms with Crippen LogP contribution in [-0.2, 0) is 4.79 Å². The summed E-state index contributed by atoms with van der Waals surface area (Å²) in [5.74, 6) is -1.37. The van der Waals surface area contributed by atoms with Gasteiger partial charge in [-0.2, -0.15) is 0 Å². The van der Waals surface area contributed by atoms with Gasteiger partial charge in [0, 0.05) is 35.5 Å². The molecule has 1 N–H and O–H groups in total. The van der Waals surface area contributed by atoms with Gasteiger partial charge in [0.15, 0.2) is 11.8 Å². The predicted octanol–water partition coefficient (Wildman–Crippen LogP) is 2.10. The van der Waals surface area contributed by atoms with E-state index in [1.807, 2.05) is 0 Å². The van der Waals surface area contributed by atoms with Crippen molar-refractivity contribution in [3.63, 3.8) is 0 Å². The van der Waals surface area contributed by atoms with Crippen LogP contribution in [0.1, 0.15) is 37.2 Å². The van der Waals surface area contributed by atoms with E-state index in [2.05, 4.69) is 5.32 Å². The Morgan fingerprint density at radius 2 is 1.85 bits per heavy atom. The summed E-state index contributed by atoms with van der Waals surface area (Å²) in [6, 6.07) is 7.86. The lowest BCUT2D eigenvalue weighted by molar-refractivity contribution is -0.384. The smallest absolute Gasteiger partial charge is 0.270 e. The lowest BCUT2D eigenvalue weighted by Crippen LogP contribution is -2.48. The normalized spacial score (nSPS) is 12.3. The summed E-state index contributed by atoms with van der Waals surface area (Å²) in [7, 11) is 0. The Hall–Kier alpha value is -3.29. The van der Waals surface area contributed by atoms with Crippen LogP contribution < -0.4 is 10.9 Å². The average Bonchev–Trinajstić information content (AvgIpc) is 2.55. The summed E-state index contributed by atoms with van der Waals surface area (Å²) in [5, 5.41) is 13.6. The van der Waals surface area contributed by atoms with Crippen molar-refractivity contribution in [2.45, 2.75) is 32.4 Å². The molecule has 1 unspecified atom stereocenters. The van der Waals surface area contributed by atoms with Gasteiger partial charge in [-0.25, -0.2) is 0 Å². The first-order valence-corrected chi connectivity index (χ1v) is 7.88. The third-order valence-electron chi connectivity index (χ3n) is 3.47. The molecule has 0 saturated heterocycles. The molecule has 1 atom stereocenters. The van der Waals surface area contributed by atoms with Crippen LogP contribution in [0, 0.1) is 10.1 Å². The number of Topliss-reactive ketones (excluding diaryl/α,β-unsaturated/α-hetero) is 1. The molecule has 0 spiro atoms. The lowest BCUT2D eigenvalue weighted by Gasteiger charge is -2.25. The van der Waals surface area contributed by atoms with Gasteiger partial charge in [0.25, 0.3) is 17.2 Å². The van der Waals surface area contributed by atoms with Crippen LogP contribution in [-0.4, -0.2) is 26.7 Å². The van der Waals surface area contributed by atoms with Crippen LogP contribution in [0.3, 0.4) is 0 Å². The third-order valence-corrected chi connectivity index (χ3v) is 3.47. The average molecular weight is 357 g/mol. The number of nitrogens with one attached hydrogen (secondary N) is 1. The molecule has 0 radical (unpaired) electrons. The van der Waals surface area contributed by atoms with E-state index in [9.17, 15) is 24.5 Å². The minimum atomic E-state index is -1.47. The van der Waals surface area contributed by atoms with Gasteiger partial charge in [0.1, 0.15) is 0 Å². The van der Waals surface area contributed by atoms with Gasteiger partial charge in [-0.15, -0.1) is 0 Å². The zero-order valence-corrected chi connectivity index (χ0v) is 14.6. The van der Waals surface area contributed by atoms with E-state index in [1.165, 1.54) is 42.6 Å². The number of amides is 1. The van der Waals surface area contributed by atoms with Gasteiger partial charge in [-0.3, -0.25) is 29.1 Å². The quantitative estimate of drug-likeness (QED) is 0.381. The molecule has 2 aromatic rings. The number of ketones is 1. The maximum absolute atomic E-state index is 13.0. The molecular formula is C18H19N3O5. The molecule has 136 valence electrons. The topological polar surface area (TPSA) is 111 Å². The Morgan fingerprint density at radius 1 is 1.15 bits per heavy atom. The molecule has 1 aromatic carbocycles. The molecule has 0 bridgehead atoms. The van der Waals surface area contributed by atoms with E-state index >= 15 is 0 Å². The number of carbonyl (C=O) groups excluding carboxylic acids is 2. The molecule has 1 amide bonds. The summed E-state index contributed by atoms with van der Waals surface area (Å²) < 4.78 is 1.02. The maximum Gasteiger partial charge on any atom is 0.270 e. The molecular weight excluding hydrogens is 338 g/mol. The summed E-state index contributed by atoms with van der Waals surface area (Å²) in [4.78, 5) is 48.2. The van der Waals surface area contributed by atoms with Crippen LogP contribution in [0.15, 0.2) is 53.5 Å². The highest BCUT2D eigenvalue weighted by atomic mass is 16.6. The first-order chi connectivity index (χ1) is 12.1. The standard InChI is InChI=1S/C18H19N3O5/c1-18(2,3)19-17(24)15(20-10-5-4-9-14(20)22)16(23)12-7-6-8-13(11-12)21(25)26/h4-11,15H,1-3H3,(H,19,24). The van der Waals surface area contributed by atoms with Crippen molar-refractivity contribution in [3.05, 3.63) is 74.7 Å². The molecule has 1 heterocycles. The predicted molar refractivity (Wildman–Crippen MR) is 95.1 cm³/mol. The van der Waals surface area contributed by atoms with Gasteiger partial charge in [0.05, 0.1) is 4.92 Å². The number of nitro benzene ring substituents is 1. The highest BCUT2D eigenvalue weighted by molar-refractivity contribution is 6.12. The lowest BCUT2D eigenvalue weighted by atomic mass is 10.0. The Labute approximate surface area is 149 Å². The number of pyridine rings is 1. The Balaban J connectivity index is 2.53. The molecule has 8 heteroatoms. The van der Waals surface area contributed by atoms with Crippen LogP contribution >= 0.6 is 0 Å². The zero-order chi connectivity index (χ0) is 19.5. The van der Waals surface area contributed by atoms with E-state index in [0.29, 0.717) is 0 Å². The summed E-state index contributed by atoms with van der Waals surface area (Å²) in [6.07, 6.45) is 1.34. The Morgan fingerprint density at radius 3 is 2.42 bits per heavy atom. The Kier molecular flexibility index (Phi) is 5.35. The van der Waals surface area contributed by atoms with Crippen LogP contribution in [0.5, 0.6) is 0 Å². The van der Waals surface area contributed by atoms with Crippen molar-refractivity contribution in [3.8, 4) is 0 Å². The molecule has 0 aliphatic rings. The molecule has 8 nitrogen and oxygen atoms in total. The van der Waals surface area contributed by atoms with Crippen molar-refractivity contribution < 1.29 is 14.5 Å². The second-order valence-corrected chi connectivity index (χ2v) is 6.76. The fourth-order valence-electron chi connectivity index (χ4n) is 2.39. The molecule has 2 rings (SSSR count). The highest BCUT2D eigenvalue weighted by Crippen LogP contribution is 2.19. The molecule has 0 aliphatic heterocycles. The first kappa shape index (κ1) is 19.0. The number of nitro groups is 1. The minimum Gasteiger partial charge on any atom is -0.349 e. The second-order valence-electron chi connectivity index (χ2n) is 6.76. The molecule has 0 fully saturated rings. The van der Waals surface area contributed by atoms with E-state index in [1.54, 1.807) is 20.8 Å². The largest absolute Gasteiger partial charge is 0.349 e. The Bertz CT molecular complexity index is 911. The number of benzene rings is 1. The monoisotopic (exact) mass is 357 g/mol. The molecule has 0 saturated carbocycles. The van der Waals surface area contributed by atoms with E-state index in [4.69, 9.17) is 0 Å². The third kappa shape index (κ3) is 4.41. The molecule has 26 heavy (non-hydrogen) atoms. The zero-order valence-electron chi connectivity index (χ0n) is 14.6. The van der Waals surface area contributed by atoms with Crippen LogP contribution in [0.25, 0.3) is 0 Å². The molecule has 1 aromatic heterocycles. The van der Waals surface area contributed by atoms with Gasteiger partial charge >= 0.3 is 0 Å². The van der Waals surface area contributed by atoms with Gasteiger partial charge < -0.3 is 5.32 Å². The fraction of sp³-hybridized carbons (Fsp3) is 0.278. The van der Waals surface area contributed by atoms with E-state index in [-0.39, 0.29) is 11.3 Å². The van der Waals surface area contributed by atoms with Crippen LogP contribution in [0.2, 0.25) is 0 Å². The summed E-state index contributed by atoms with van der Waals surface area (Å²) in [5.41, 5.74) is -1.45. The van der Waals surface area contributed by atoms with Gasteiger partial charge in [-0.1, -0.05) is 18.2 Å². The number of nitrogens with zero attached hydrogens (tertiary/aromatic N) is 2. The number of non-ortho nitro benzene ring substituents is 1. The van der Waals surface area contributed by atoms with Gasteiger partial charge in [-0.05, 0) is 26.8 Å². The fourth-order valence-corrected chi connectivity index (χ4v) is 2.39. The highest BCUT2D eigenvalue weighted by Gasteiger charge is 2.32. The summed E-state index contributed by atoms with van der Waals surface area (Å²) in [6.45, 7) is 5.23. The maximum atomic E-state index is 13.0. The van der Waals surface area contributed by atoms with Crippen molar-refractivity contribution >= 4 is 17.4 Å². The second kappa shape index (κ2) is 7.30. The summed E-state index contributed by atoms with van der Waals surface area (Å²) >= 11 is 0. The molecule has 0 aliphatic carbocycles. The number of hydrogen-bond acceptors (Lipinski definition) is 5. The van der Waals surface area contributed by atoms with Crippen molar-refractivity contribution in [1.29, 1.82) is 0 Å². The number of carbonyl (C=O) groups is 2. The van der Waals surface area contributed by atoms with Crippen molar-refractivity contribution in [2.75, 3.05) is 0 Å². The SMILES string of the molecule is CC(C)(C)NC(=O)C(C(=O)c1cccc([N+](=O)[O-])c1)n1ccccc1=O. The number of aromatic nitrogens is 1. The van der Waals surface area contributed by atoms with Crippen LogP contribution in [0.4, 0.5) is 5.69 Å². The number of hydrogen-bond donors (Lipinski definition) is 1. The minimum absolute atomic E-state index is 0.0241. The van der Waals surface area contributed by atoms with E-state index < -0.39 is 33.8 Å². The van der Waals surface area contributed by atoms with Crippen molar-refractivity contribution in [2.24, 2.45) is 0 Å². The van der Waals surface area contributed by atoms with E-state index in [0.717, 1.165) is 10.6 Å². The number of rotatable bonds is 5.